The molecule has 1 saturated heterocycles. The first-order chi connectivity index (χ1) is 17.3. The Labute approximate surface area is 211 Å². The van der Waals surface area contributed by atoms with Gasteiger partial charge in [0.2, 0.25) is 0 Å². The van der Waals surface area contributed by atoms with Crippen molar-refractivity contribution in [3.05, 3.63) is 65.2 Å². The summed E-state index contributed by atoms with van der Waals surface area (Å²) in [5.74, 6) is -1.79. The predicted octanol–water partition coefficient (Wildman–Crippen LogP) is 3.37. The monoisotopic (exact) mass is 491 g/mol. The molecule has 1 unspecified atom stereocenters. The third-order valence-corrected chi connectivity index (χ3v) is 6.63. The van der Waals surface area contributed by atoms with Crippen LogP contribution in [0.2, 0.25) is 0 Å². The molecule has 0 saturated carbocycles. The van der Waals surface area contributed by atoms with Crippen LogP contribution >= 0.6 is 0 Å². The highest BCUT2D eigenvalue weighted by molar-refractivity contribution is 6.50. The highest BCUT2D eigenvalue weighted by atomic mass is 16.5. The molecule has 2 heterocycles. The van der Waals surface area contributed by atoms with Crippen molar-refractivity contribution in [1.29, 1.82) is 0 Å². The van der Waals surface area contributed by atoms with Crippen LogP contribution in [-0.2, 0) is 19.9 Å². The van der Waals surface area contributed by atoms with E-state index in [0.717, 1.165) is 6.42 Å². The van der Waals surface area contributed by atoms with Crippen molar-refractivity contribution in [2.24, 2.45) is 0 Å². The number of rotatable bonds is 9. The quantitative estimate of drug-likeness (QED) is 0.329. The highest BCUT2D eigenvalue weighted by Crippen LogP contribution is 2.53. The minimum Gasteiger partial charge on any atom is -0.507 e. The van der Waals surface area contributed by atoms with Gasteiger partial charge in [0.1, 0.15) is 11.5 Å². The minimum absolute atomic E-state index is 0.151. The summed E-state index contributed by atoms with van der Waals surface area (Å²) in [6.45, 7) is 5.56. The van der Waals surface area contributed by atoms with Crippen molar-refractivity contribution in [3.8, 4) is 5.75 Å². The maximum absolute atomic E-state index is 14.2. The van der Waals surface area contributed by atoms with Gasteiger partial charge in [-0.3, -0.25) is 14.4 Å². The van der Waals surface area contributed by atoms with Crippen molar-refractivity contribution in [3.63, 3.8) is 0 Å². The van der Waals surface area contributed by atoms with E-state index in [1.165, 1.54) is 4.90 Å². The highest BCUT2D eigenvalue weighted by Gasteiger charge is 2.66. The van der Waals surface area contributed by atoms with E-state index in [4.69, 9.17) is 4.74 Å². The van der Waals surface area contributed by atoms with Gasteiger partial charge in [-0.2, -0.15) is 0 Å². The molecule has 190 valence electrons. The van der Waals surface area contributed by atoms with Gasteiger partial charge in [-0.1, -0.05) is 32.0 Å². The normalized spacial score (nSPS) is 20.6. The molecule has 0 bridgehead atoms. The molecule has 2 aliphatic rings. The molecule has 0 aromatic heterocycles. The summed E-state index contributed by atoms with van der Waals surface area (Å²) >= 11 is 0. The number of carbonyl (C=O) groups excluding carboxylic acids is 3. The number of carbonyl (C=O) groups is 3. The summed E-state index contributed by atoms with van der Waals surface area (Å²) in [6, 6.07) is 13.9. The fourth-order valence-electron chi connectivity index (χ4n) is 4.99. The van der Waals surface area contributed by atoms with Crippen LogP contribution < -0.4 is 9.64 Å². The van der Waals surface area contributed by atoms with Crippen LogP contribution in [0.4, 0.5) is 5.69 Å². The van der Waals surface area contributed by atoms with E-state index in [-0.39, 0.29) is 17.9 Å². The molecular formula is C28H33N3O5. The number of hydrogen-bond acceptors (Lipinski definition) is 6. The third-order valence-electron chi connectivity index (χ3n) is 6.63. The van der Waals surface area contributed by atoms with E-state index < -0.39 is 23.1 Å². The molecule has 2 aliphatic heterocycles. The lowest BCUT2D eigenvalue weighted by Gasteiger charge is -2.35. The smallest absolute Gasteiger partial charge is 0.296 e. The lowest BCUT2D eigenvalue weighted by molar-refractivity contribution is -0.143. The first-order valence-electron chi connectivity index (χ1n) is 12.4. The minimum atomic E-state index is -1.72. The number of para-hydroxylation sites is 1. The lowest BCUT2D eigenvalue weighted by atomic mass is 9.82. The zero-order valence-corrected chi connectivity index (χ0v) is 21.3. The van der Waals surface area contributed by atoms with Gasteiger partial charge in [0.15, 0.2) is 5.54 Å². The Hall–Kier alpha value is -3.65. The SMILES string of the molecule is CCCOc1ccc(/C(O)=C2\C(=O)C(=O)N(CCN(C)C)C23C(=O)N(CCC)c2ccccc23)cc1. The molecule has 4 rings (SSSR count). The first-order valence-corrected chi connectivity index (χ1v) is 12.4. The molecule has 8 nitrogen and oxygen atoms in total. The number of ketones is 1. The topological polar surface area (TPSA) is 90.4 Å². The fourth-order valence-corrected chi connectivity index (χ4v) is 4.99. The maximum atomic E-state index is 14.2. The Kier molecular flexibility index (Phi) is 7.17. The van der Waals surface area contributed by atoms with E-state index in [2.05, 4.69) is 0 Å². The number of hydrogen-bond donors (Lipinski definition) is 1. The Morgan fingerprint density at radius 3 is 2.31 bits per heavy atom. The van der Waals surface area contributed by atoms with E-state index in [9.17, 15) is 19.5 Å². The van der Waals surface area contributed by atoms with Crippen LogP contribution in [0.3, 0.4) is 0 Å². The summed E-state index contributed by atoms with van der Waals surface area (Å²) in [5.41, 5.74) is -0.397. The van der Waals surface area contributed by atoms with E-state index in [1.54, 1.807) is 41.3 Å². The molecular weight excluding hydrogens is 458 g/mol. The van der Waals surface area contributed by atoms with Gasteiger partial charge in [-0.25, -0.2) is 0 Å². The molecule has 1 N–H and O–H groups in total. The van der Waals surface area contributed by atoms with Gasteiger partial charge in [-0.05, 0) is 57.3 Å². The molecule has 0 radical (unpaired) electrons. The number of aliphatic hydroxyl groups excluding tert-OH is 1. The Bertz CT molecular complexity index is 1200. The number of nitrogens with zero attached hydrogens (tertiary/aromatic N) is 3. The van der Waals surface area contributed by atoms with Gasteiger partial charge in [0.05, 0.1) is 17.9 Å². The largest absolute Gasteiger partial charge is 0.507 e. The Morgan fingerprint density at radius 1 is 0.972 bits per heavy atom. The van der Waals surface area contributed by atoms with Gasteiger partial charge in [0.25, 0.3) is 17.6 Å². The number of fused-ring (bicyclic) bond motifs is 2. The van der Waals surface area contributed by atoms with Crippen LogP contribution in [0.15, 0.2) is 54.1 Å². The van der Waals surface area contributed by atoms with Crippen LogP contribution in [0.5, 0.6) is 5.75 Å². The van der Waals surface area contributed by atoms with Gasteiger partial charge in [0, 0.05) is 30.8 Å². The first kappa shape index (κ1) is 25.4. The van der Waals surface area contributed by atoms with Gasteiger partial charge >= 0.3 is 0 Å². The van der Waals surface area contributed by atoms with E-state index in [0.29, 0.717) is 48.7 Å². The zero-order chi connectivity index (χ0) is 26.0. The number of anilines is 1. The fraction of sp³-hybridized carbons (Fsp3) is 0.393. The van der Waals surface area contributed by atoms with Crippen molar-refractivity contribution in [2.75, 3.05) is 45.2 Å². The molecule has 2 amide bonds. The van der Waals surface area contributed by atoms with Crippen LogP contribution in [0.1, 0.15) is 37.8 Å². The lowest BCUT2D eigenvalue weighted by Crippen LogP contribution is -2.53. The second-order valence-corrected chi connectivity index (χ2v) is 9.37. The second kappa shape index (κ2) is 10.1. The average Bonchev–Trinajstić information content (AvgIpc) is 3.25. The number of amides is 2. The van der Waals surface area contributed by atoms with Crippen molar-refractivity contribution < 1.29 is 24.2 Å². The number of ether oxygens (including phenoxy) is 1. The molecule has 0 aliphatic carbocycles. The van der Waals surface area contributed by atoms with Crippen LogP contribution in [0.25, 0.3) is 5.76 Å². The second-order valence-electron chi connectivity index (χ2n) is 9.37. The Balaban J connectivity index is 1.95. The molecule has 8 heteroatoms. The van der Waals surface area contributed by atoms with Crippen molar-refractivity contribution >= 4 is 29.0 Å². The summed E-state index contributed by atoms with van der Waals surface area (Å²) in [4.78, 5) is 46.1. The third kappa shape index (κ3) is 3.95. The zero-order valence-electron chi connectivity index (χ0n) is 21.3. The summed E-state index contributed by atoms with van der Waals surface area (Å²) in [7, 11) is 3.72. The molecule has 1 spiro atoms. The van der Waals surface area contributed by atoms with Crippen LogP contribution in [-0.4, -0.2) is 72.8 Å². The summed E-state index contributed by atoms with van der Waals surface area (Å²) in [6.07, 6.45) is 1.55. The number of likely N-dealkylation sites (tertiary alicyclic amines) is 1. The number of aliphatic hydroxyl groups is 1. The standard InChI is InChI=1S/C28H33N3O5/c1-5-15-30-22-10-8-7-9-21(22)28(27(30)35)23(25(33)26(34)31(28)17-16-29(3)4)24(32)19-11-13-20(14-12-19)36-18-6-2/h7-14,32H,5-6,15-18H2,1-4H3/b24-23-. The number of Topliss-reactive ketones (excluding diaryl/α,β-unsaturated/α-hetero) is 1. The molecule has 1 atom stereocenters. The van der Waals surface area contributed by atoms with E-state index >= 15 is 0 Å². The predicted molar refractivity (Wildman–Crippen MR) is 138 cm³/mol. The van der Waals surface area contributed by atoms with Crippen LogP contribution in [0, 0.1) is 0 Å². The molecule has 1 fully saturated rings. The number of likely N-dealkylation sites (N-methyl/N-ethyl adjacent to an activating group) is 1. The van der Waals surface area contributed by atoms with Gasteiger partial charge in [-0.15, -0.1) is 0 Å². The molecule has 2 aromatic carbocycles. The summed E-state index contributed by atoms with van der Waals surface area (Å²) < 4.78 is 5.63. The number of benzene rings is 2. The maximum Gasteiger partial charge on any atom is 0.296 e. The van der Waals surface area contributed by atoms with Crippen molar-refractivity contribution in [2.45, 2.75) is 32.2 Å². The average molecular weight is 492 g/mol. The van der Waals surface area contributed by atoms with Gasteiger partial charge < -0.3 is 24.5 Å². The molecule has 36 heavy (non-hydrogen) atoms. The molecule has 2 aromatic rings. The van der Waals surface area contributed by atoms with Crippen molar-refractivity contribution in [1.82, 2.24) is 9.80 Å². The Morgan fingerprint density at radius 2 is 1.67 bits per heavy atom. The van der Waals surface area contributed by atoms with E-state index in [1.807, 2.05) is 45.0 Å². The summed E-state index contributed by atoms with van der Waals surface area (Å²) in [5, 5.41) is 11.5.